The molecule has 4 heteroatoms. The van der Waals surface area contributed by atoms with E-state index in [1.54, 1.807) is 18.2 Å². The van der Waals surface area contributed by atoms with E-state index in [1.165, 1.54) is 23.8 Å². The summed E-state index contributed by atoms with van der Waals surface area (Å²) < 4.78 is 0. The van der Waals surface area contributed by atoms with E-state index >= 15 is 0 Å². The van der Waals surface area contributed by atoms with Crippen molar-refractivity contribution in [2.24, 2.45) is 0 Å². The second kappa shape index (κ2) is 7.40. The van der Waals surface area contributed by atoms with E-state index in [9.17, 15) is 9.59 Å². The van der Waals surface area contributed by atoms with Crippen LogP contribution < -0.4 is 5.32 Å². The summed E-state index contributed by atoms with van der Waals surface area (Å²) >= 11 is 0. The predicted octanol–water partition coefficient (Wildman–Crippen LogP) is 4.16. The third kappa shape index (κ3) is 4.81. The first-order chi connectivity index (χ1) is 11.0. The van der Waals surface area contributed by atoms with Crippen molar-refractivity contribution in [2.45, 2.75) is 19.8 Å². The fraction of sp³-hybridized carbons (Fsp3) is 0.158. The molecule has 0 aliphatic carbocycles. The Morgan fingerprint density at radius 3 is 2.39 bits per heavy atom. The number of carboxylic acids is 1. The van der Waals surface area contributed by atoms with Crippen LogP contribution in [0.25, 0.3) is 6.08 Å². The summed E-state index contributed by atoms with van der Waals surface area (Å²) in [6.07, 6.45) is 3.15. The van der Waals surface area contributed by atoms with Crippen LogP contribution in [0.5, 0.6) is 0 Å². The summed E-state index contributed by atoms with van der Waals surface area (Å²) in [5.41, 5.74) is 2.77. The zero-order chi connectivity index (χ0) is 16.8. The van der Waals surface area contributed by atoms with Crippen molar-refractivity contribution < 1.29 is 14.7 Å². The molecular weight excluding hydrogens is 290 g/mol. The van der Waals surface area contributed by atoms with E-state index in [0.29, 0.717) is 11.6 Å². The summed E-state index contributed by atoms with van der Waals surface area (Å²) in [7, 11) is 0. The summed E-state index contributed by atoms with van der Waals surface area (Å²) in [6, 6.07) is 14.1. The van der Waals surface area contributed by atoms with Crippen LogP contribution >= 0.6 is 0 Å². The van der Waals surface area contributed by atoms with Gasteiger partial charge in [0.1, 0.15) is 0 Å². The number of anilines is 1. The van der Waals surface area contributed by atoms with Crippen molar-refractivity contribution in [1.29, 1.82) is 0 Å². The topological polar surface area (TPSA) is 66.4 Å². The quantitative estimate of drug-likeness (QED) is 0.815. The molecule has 0 spiro atoms. The van der Waals surface area contributed by atoms with Crippen LogP contribution in [0, 0.1) is 0 Å². The lowest BCUT2D eigenvalue weighted by Crippen LogP contribution is -2.08. The molecule has 0 radical (unpaired) electrons. The van der Waals surface area contributed by atoms with Crippen molar-refractivity contribution in [3.05, 3.63) is 71.3 Å². The molecule has 23 heavy (non-hydrogen) atoms. The van der Waals surface area contributed by atoms with Crippen LogP contribution in [0.4, 0.5) is 5.69 Å². The zero-order valence-corrected chi connectivity index (χ0v) is 13.1. The molecule has 0 fully saturated rings. The number of nitrogens with one attached hydrogen (secondary N) is 1. The summed E-state index contributed by atoms with van der Waals surface area (Å²) in [6.45, 7) is 4.26. The summed E-state index contributed by atoms with van der Waals surface area (Å²) in [4.78, 5) is 22.8. The van der Waals surface area contributed by atoms with Crippen LogP contribution in [0.15, 0.2) is 54.6 Å². The van der Waals surface area contributed by atoms with Gasteiger partial charge in [0.25, 0.3) is 0 Å². The predicted molar refractivity (Wildman–Crippen MR) is 91.6 cm³/mol. The van der Waals surface area contributed by atoms with Gasteiger partial charge in [0, 0.05) is 11.8 Å². The highest BCUT2D eigenvalue weighted by molar-refractivity contribution is 6.02. The molecule has 0 saturated carbocycles. The van der Waals surface area contributed by atoms with E-state index in [4.69, 9.17) is 5.11 Å². The average Bonchev–Trinajstić information content (AvgIpc) is 2.53. The van der Waals surface area contributed by atoms with Gasteiger partial charge in [0.15, 0.2) is 0 Å². The molecule has 2 rings (SSSR count). The standard InChI is InChI=1S/C19H19NO3/c1-13(2)15-9-6-14(7-10-15)8-11-18(21)20-17-5-3-4-16(12-17)19(22)23/h3-13H,1-2H3,(H,20,21)(H,22,23). The van der Waals surface area contributed by atoms with Gasteiger partial charge in [0.2, 0.25) is 5.91 Å². The molecule has 0 aromatic heterocycles. The van der Waals surface area contributed by atoms with Gasteiger partial charge in [-0.25, -0.2) is 4.79 Å². The minimum atomic E-state index is -1.03. The van der Waals surface area contributed by atoms with E-state index in [2.05, 4.69) is 19.2 Å². The molecule has 2 aromatic rings. The lowest BCUT2D eigenvalue weighted by atomic mass is 10.0. The average molecular weight is 309 g/mol. The maximum atomic E-state index is 11.9. The van der Waals surface area contributed by atoms with E-state index in [-0.39, 0.29) is 11.5 Å². The van der Waals surface area contributed by atoms with Crippen LogP contribution in [0.3, 0.4) is 0 Å². The SMILES string of the molecule is CC(C)c1ccc(C=CC(=O)Nc2cccc(C(=O)O)c2)cc1. The van der Waals surface area contributed by atoms with Crippen molar-refractivity contribution in [3.63, 3.8) is 0 Å². The van der Waals surface area contributed by atoms with Gasteiger partial charge in [-0.2, -0.15) is 0 Å². The van der Waals surface area contributed by atoms with Gasteiger partial charge >= 0.3 is 5.97 Å². The Kier molecular flexibility index (Phi) is 5.31. The lowest BCUT2D eigenvalue weighted by molar-refractivity contribution is -0.111. The van der Waals surface area contributed by atoms with Crippen LogP contribution in [-0.2, 0) is 4.79 Å². The largest absolute Gasteiger partial charge is 0.478 e. The first kappa shape index (κ1) is 16.5. The Balaban J connectivity index is 2.01. The molecule has 0 unspecified atom stereocenters. The lowest BCUT2D eigenvalue weighted by Gasteiger charge is -2.05. The number of hydrogen-bond donors (Lipinski definition) is 2. The van der Waals surface area contributed by atoms with E-state index in [1.807, 2.05) is 24.3 Å². The minimum absolute atomic E-state index is 0.135. The molecule has 1 amide bonds. The number of rotatable bonds is 5. The van der Waals surface area contributed by atoms with E-state index < -0.39 is 5.97 Å². The number of benzene rings is 2. The molecule has 0 aliphatic heterocycles. The molecule has 4 nitrogen and oxygen atoms in total. The Labute approximate surface area is 135 Å². The monoisotopic (exact) mass is 309 g/mol. The Morgan fingerprint density at radius 1 is 1.09 bits per heavy atom. The maximum absolute atomic E-state index is 11.9. The molecular formula is C19H19NO3. The highest BCUT2D eigenvalue weighted by Crippen LogP contribution is 2.15. The normalized spacial score (nSPS) is 10.9. The number of amides is 1. The first-order valence-electron chi connectivity index (χ1n) is 7.38. The van der Waals surface area contributed by atoms with Gasteiger partial charge in [-0.05, 0) is 41.3 Å². The molecule has 118 valence electrons. The van der Waals surface area contributed by atoms with Gasteiger partial charge < -0.3 is 10.4 Å². The smallest absolute Gasteiger partial charge is 0.335 e. The highest BCUT2D eigenvalue weighted by atomic mass is 16.4. The number of carbonyl (C=O) groups excluding carboxylic acids is 1. The Bertz CT molecular complexity index is 731. The molecule has 2 aromatic carbocycles. The molecule has 0 atom stereocenters. The third-order valence-electron chi connectivity index (χ3n) is 3.41. The van der Waals surface area contributed by atoms with E-state index in [0.717, 1.165) is 5.56 Å². The second-order valence-corrected chi connectivity index (χ2v) is 5.53. The molecule has 2 N–H and O–H groups in total. The minimum Gasteiger partial charge on any atom is -0.478 e. The van der Waals surface area contributed by atoms with Gasteiger partial charge in [-0.15, -0.1) is 0 Å². The van der Waals surface area contributed by atoms with Gasteiger partial charge in [-0.1, -0.05) is 44.2 Å². The van der Waals surface area contributed by atoms with Crippen LogP contribution in [0.2, 0.25) is 0 Å². The molecule has 0 aliphatic rings. The summed E-state index contributed by atoms with van der Waals surface area (Å²) in [5.74, 6) is -0.861. The maximum Gasteiger partial charge on any atom is 0.335 e. The van der Waals surface area contributed by atoms with Crippen LogP contribution in [0.1, 0.15) is 41.3 Å². The molecule has 0 saturated heterocycles. The highest BCUT2D eigenvalue weighted by Gasteiger charge is 2.04. The Hall–Kier alpha value is -2.88. The first-order valence-corrected chi connectivity index (χ1v) is 7.38. The number of carbonyl (C=O) groups is 2. The number of hydrogen-bond acceptors (Lipinski definition) is 2. The van der Waals surface area contributed by atoms with Crippen LogP contribution in [-0.4, -0.2) is 17.0 Å². The van der Waals surface area contributed by atoms with Gasteiger partial charge in [-0.3, -0.25) is 4.79 Å². The summed E-state index contributed by atoms with van der Waals surface area (Å²) in [5, 5.41) is 11.6. The van der Waals surface area contributed by atoms with Crippen molar-refractivity contribution >= 4 is 23.6 Å². The van der Waals surface area contributed by atoms with Crippen molar-refractivity contribution in [2.75, 3.05) is 5.32 Å². The Morgan fingerprint density at radius 2 is 1.78 bits per heavy atom. The third-order valence-corrected chi connectivity index (χ3v) is 3.41. The van der Waals surface area contributed by atoms with Crippen molar-refractivity contribution in [3.8, 4) is 0 Å². The van der Waals surface area contributed by atoms with Gasteiger partial charge in [0.05, 0.1) is 5.56 Å². The fourth-order valence-corrected chi connectivity index (χ4v) is 2.08. The second-order valence-electron chi connectivity index (χ2n) is 5.53. The fourth-order valence-electron chi connectivity index (χ4n) is 2.08. The number of aromatic carboxylic acids is 1. The molecule has 0 bridgehead atoms. The zero-order valence-electron chi connectivity index (χ0n) is 13.1. The van der Waals surface area contributed by atoms with Crippen molar-refractivity contribution in [1.82, 2.24) is 0 Å². The number of carboxylic acid groups (broad SMARTS) is 1. The molecule has 0 heterocycles.